The SMILES string of the molecule is COC(=O)c1cc(S(N)(=O)=O)c(Br)cc1Br. The third-order valence-electron chi connectivity index (χ3n) is 1.73. The van der Waals surface area contributed by atoms with Gasteiger partial charge < -0.3 is 4.74 Å². The topological polar surface area (TPSA) is 86.5 Å². The number of ether oxygens (including phenoxy) is 1. The van der Waals surface area contributed by atoms with Gasteiger partial charge in [-0.05, 0) is 44.0 Å². The molecule has 5 nitrogen and oxygen atoms in total. The van der Waals surface area contributed by atoms with Crippen molar-refractivity contribution in [2.45, 2.75) is 4.90 Å². The fourth-order valence-corrected chi connectivity index (χ4v) is 3.46. The van der Waals surface area contributed by atoms with Gasteiger partial charge in [-0.15, -0.1) is 0 Å². The molecule has 0 heterocycles. The molecule has 0 saturated heterocycles. The van der Waals surface area contributed by atoms with E-state index in [4.69, 9.17) is 5.14 Å². The second kappa shape index (κ2) is 4.82. The van der Waals surface area contributed by atoms with Crippen molar-refractivity contribution in [1.29, 1.82) is 0 Å². The first-order valence-electron chi connectivity index (χ1n) is 3.87. The average Bonchev–Trinajstić information content (AvgIpc) is 2.14. The molecule has 0 amide bonds. The van der Waals surface area contributed by atoms with E-state index in [-0.39, 0.29) is 14.9 Å². The number of nitrogens with two attached hydrogens (primary N) is 1. The number of carbonyl (C=O) groups excluding carboxylic acids is 1. The molecule has 0 radical (unpaired) electrons. The van der Waals surface area contributed by atoms with Crippen LogP contribution in [-0.4, -0.2) is 21.5 Å². The summed E-state index contributed by atoms with van der Waals surface area (Å²) >= 11 is 6.17. The van der Waals surface area contributed by atoms with Crippen molar-refractivity contribution in [1.82, 2.24) is 0 Å². The quantitative estimate of drug-likeness (QED) is 0.799. The molecule has 2 N–H and O–H groups in total. The predicted octanol–water partition coefficient (Wildman–Crippen LogP) is 1.65. The zero-order chi connectivity index (χ0) is 12.5. The summed E-state index contributed by atoms with van der Waals surface area (Å²) in [6.45, 7) is 0. The molecular weight excluding hydrogens is 366 g/mol. The molecule has 0 fully saturated rings. The molecule has 0 saturated carbocycles. The van der Waals surface area contributed by atoms with Gasteiger partial charge in [0.25, 0.3) is 0 Å². The minimum Gasteiger partial charge on any atom is -0.465 e. The molecule has 1 aromatic rings. The number of hydrogen-bond donors (Lipinski definition) is 1. The van der Waals surface area contributed by atoms with Crippen LogP contribution in [0.5, 0.6) is 0 Å². The van der Waals surface area contributed by atoms with Crippen molar-refractivity contribution in [3.05, 3.63) is 26.6 Å². The second-order valence-electron chi connectivity index (χ2n) is 2.80. The van der Waals surface area contributed by atoms with Crippen LogP contribution >= 0.6 is 31.9 Å². The second-order valence-corrected chi connectivity index (χ2v) is 6.04. The van der Waals surface area contributed by atoms with Crippen LogP contribution in [0, 0.1) is 0 Å². The van der Waals surface area contributed by atoms with Gasteiger partial charge in [0.05, 0.1) is 17.6 Å². The first-order valence-corrected chi connectivity index (χ1v) is 7.00. The highest BCUT2D eigenvalue weighted by atomic mass is 79.9. The molecule has 1 aromatic carbocycles. The van der Waals surface area contributed by atoms with Crippen LogP contribution in [0.4, 0.5) is 0 Å². The van der Waals surface area contributed by atoms with Gasteiger partial charge in [-0.2, -0.15) is 0 Å². The Bertz CT molecular complexity index is 541. The van der Waals surface area contributed by atoms with E-state index in [0.717, 1.165) is 6.07 Å². The lowest BCUT2D eigenvalue weighted by Gasteiger charge is -2.07. The molecule has 8 heteroatoms. The average molecular weight is 373 g/mol. The minimum atomic E-state index is -3.89. The maximum absolute atomic E-state index is 11.3. The van der Waals surface area contributed by atoms with Crippen molar-refractivity contribution in [2.75, 3.05) is 7.11 Å². The Balaban J connectivity index is 3.51. The lowest BCUT2D eigenvalue weighted by Crippen LogP contribution is -2.14. The summed E-state index contributed by atoms with van der Waals surface area (Å²) in [5, 5.41) is 4.99. The van der Waals surface area contributed by atoms with Gasteiger partial charge in [-0.1, -0.05) is 0 Å². The van der Waals surface area contributed by atoms with Gasteiger partial charge in [0.1, 0.15) is 0 Å². The molecule has 16 heavy (non-hydrogen) atoms. The van der Waals surface area contributed by atoms with E-state index < -0.39 is 16.0 Å². The Labute approximate surface area is 109 Å². The Morgan fingerprint density at radius 2 is 1.88 bits per heavy atom. The Hall–Kier alpha value is -0.440. The molecule has 88 valence electrons. The zero-order valence-electron chi connectivity index (χ0n) is 8.03. The van der Waals surface area contributed by atoms with Crippen LogP contribution in [0.15, 0.2) is 26.0 Å². The summed E-state index contributed by atoms with van der Waals surface area (Å²) in [5.41, 5.74) is 0.0923. The summed E-state index contributed by atoms with van der Waals surface area (Å²) in [4.78, 5) is 11.2. The van der Waals surface area contributed by atoms with E-state index in [0.29, 0.717) is 4.47 Å². The van der Waals surface area contributed by atoms with Gasteiger partial charge in [-0.25, -0.2) is 18.4 Å². The van der Waals surface area contributed by atoms with E-state index >= 15 is 0 Å². The van der Waals surface area contributed by atoms with Crippen molar-refractivity contribution < 1.29 is 17.9 Å². The summed E-state index contributed by atoms with van der Waals surface area (Å²) in [7, 11) is -2.69. The van der Waals surface area contributed by atoms with Crippen LogP contribution < -0.4 is 5.14 Å². The molecule has 1 rings (SSSR count). The zero-order valence-corrected chi connectivity index (χ0v) is 12.0. The van der Waals surface area contributed by atoms with E-state index in [9.17, 15) is 13.2 Å². The molecule has 0 bridgehead atoms. The summed E-state index contributed by atoms with van der Waals surface area (Å²) in [6, 6.07) is 2.57. The van der Waals surface area contributed by atoms with Gasteiger partial charge in [0.15, 0.2) is 0 Å². The van der Waals surface area contributed by atoms with Crippen LogP contribution in [-0.2, 0) is 14.8 Å². The van der Waals surface area contributed by atoms with Gasteiger partial charge in [0, 0.05) is 8.95 Å². The largest absolute Gasteiger partial charge is 0.465 e. The Morgan fingerprint density at radius 3 is 2.31 bits per heavy atom. The van der Waals surface area contributed by atoms with Crippen LogP contribution in [0.3, 0.4) is 0 Å². The van der Waals surface area contributed by atoms with Crippen LogP contribution in [0.2, 0.25) is 0 Å². The number of benzene rings is 1. The minimum absolute atomic E-state index is 0.0923. The monoisotopic (exact) mass is 371 g/mol. The molecule has 0 atom stereocenters. The van der Waals surface area contributed by atoms with E-state index in [1.54, 1.807) is 0 Å². The highest BCUT2D eigenvalue weighted by Gasteiger charge is 2.19. The normalized spacial score (nSPS) is 11.2. The Kier molecular flexibility index (Phi) is 4.11. The fraction of sp³-hybridized carbons (Fsp3) is 0.125. The van der Waals surface area contributed by atoms with E-state index in [1.165, 1.54) is 13.2 Å². The summed E-state index contributed by atoms with van der Waals surface area (Å²) < 4.78 is 27.6. The predicted molar refractivity (Wildman–Crippen MR) is 64.6 cm³/mol. The first kappa shape index (κ1) is 13.6. The summed E-state index contributed by atoms with van der Waals surface area (Å²) in [5.74, 6) is -0.649. The maximum Gasteiger partial charge on any atom is 0.339 e. The lowest BCUT2D eigenvalue weighted by atomic mass is 10.2. The molecule has 0 aliphatic carbocycles. The number of esters is 1. The third kappa shape index (κ3) is 2.82. The van der Waals surface area contributed by atoms with Crippen molar-refractivity contribution >= 4 is 47.9 Å². The van der Waals surface area contributed by atoms with Crippen LogP contribution in [0.1, 0.15) is 10.4 Å². The molecule has 0 aromatic heterocycles. The fourth-order valence-electron chi connectivity index (χ4n) is 1.01. The van der Waals surface area contributed by atoms with Crippen molar-refractivity contribution in [2.24, 2.45) is 5.14 Å². The molecule has 0 spiro atoms. The van der Waals surface area contributed by atoms with Crippen LogP contribution in [0.25, 0.3) is 0 Å². The molecule has 0 aliphatic heterocycles. The lowest BCUT2D eigenvalue weighted by molar-refractivity contribution is 0.0599. The number of halogens is 2. The maximum atomic E-state index is 11.3. The van der Waals surface area contributed by atoms with Crippen molar-refractivity contribution in [3.8, 4) is 0 Å². The smallest absolute Gasteiger partial charge is 0.339 e. The van der Waals surface area contributed by atoms with E-state index in [2.05, 4.69) is 36.6 Å². The highest BCUT2D eigenvalue weighted by molar-refractivity contribution is 9.11. The standard InChI is InChI=1S/C8H7Br2NO4S/c1-15-8(12)4-2-7(16(11,13)14)6(10)3-5(4)9/h2-3H,1H3,(H2,11,13,14). The highest BCUT2D eigenvalue weighted by Crippen LogP contribution is 2.28. The number of rotatable bonds is 2. The van der Waals surface area contributed by atoms with Gasteiger partial charge in [-0.3, -0.25) is 0 Å². The number of carbonyl (C=O) groups is 1. The van der Waals surface area contributed by atoms with Crippen molar-refractivity contribution in [3.63, 3.8) is 0 Å². The first-order chi connectivity index (χ1) is 7.27. The molecule has 0 aliphatic rings. The Morgan fingerprint density at radius 1 is 1.31 bits per heavy atom. The van der Waals surface area contributed by atoms with E-state index in [1.807, 2.05) is 0 Å². The number of sulfonamides is 1. The molecular formula is C8H7Br2NO4S. The number of hydrogen-bond acceptors (Lipinski definition) is 4. The molecule has 0 unspecified atom stereocenters. The third-order valence-corrected chi connectivity index (χ3v) is 4.26. The summed E-state index contributed by atoms with van der Waals surface area (Å²) in [6.07, 6.45) is 0. The number of primary sulfonamides is 1. The number of methoxy groups -OCH3 is 1. The van der Waals surface area contributed by atoms with Gasteiger partial charge in [0.2, 0.25) is 10.0 Å². The van der Waals surface area contributed by atoms with Gasteiger partial charge >= 0.3 is 5.97 Å².